The minimum absolute atomic E-state index is 0.156. The first-order chi connectivity index (χ1) is 13.0. The molecule has 2 heterocycles. The van der Waals surface area contributed by atoms with Gasteiger partial charge in [0.15, 0.2) is 11.5 Å². The zero-order valence-electron chi connectivity index (χ0n) is 17.0. The smallest absolute Gasteiger partial charge is 0.203 e. The van der Waals surface area contributed by atoms with Crippen molar-refractivity contribution in [1.82, 2.24) is 4.90 Å². The minimum Gasteiger partial charge on any atom is -0.493 e. The fourth-order valence-electron chi connectivity index (χ4n) is 4.49. The SMILES string of the molecule is CC[C@H]1C[C@@H](O)CC2(CCN(Cc3ccc(OC)c(OC)c3OC)CC2)O1. The first-order valence-corrected chi connectivity index (χ1v) is 9.90. The fourth-order valence-corrected chi connectivity index (χ4v) is 4.49. The van der Waals surface area contributed by atoms with Gasteiger partial charge in [0.1, 0.15) is 0 Å². The molecular weight excluding hydrogens is 346 g/mol. The van der Waals surface area contributed by atoms with E-state index in [1.807, 2.05) is 12.1 Å². The van der Waals surface area contributed by atoms with Gasteiger partial charge in [0, 0.05) is 31.6 Å². The Balaban J connectivity index is 1.67. The van der Waals surface area contributed by atoms with Crippen LogP contribution in [0.2, 0.25) is 0 Å². The largest absolute Gasteiger partial charge is 0.493 e. The average molecular weight is 379 g/mol. The third-order valence-corrected chi connectivity index (χ3v) is 5.96. The fraction of sp³-hybridized carbons (Fsp3) is 0.714. The lowest BCUT2D eigenvalue weighted by Crippen LogP contribution is -2.52. The van der Waals surface area contributed by atoms with Crippen LogP contribution in [-0.4, -0.2) is 62.2 Å². The highest BCUT2D eigenvalue weighted by Crippen LogP contribution is 2.42. The van der Waals surface area contributed by atoms with Crippen molar-refractivity contribution in [3.63, 3.8) is 0 Å². The van der Waals surface area contributed by atoms with Gasteiger partial charge in [-0.2, -0.15) is 0 Å². The van der Waals surface area contributed by atoms with Gasteiger partial charge >= 0.3 is 0 Å². The van der Waals surface area contributed by atoms with Crippen molar-refractivity contribution in [3.8, 4) is 17.2 Å². The molecule has 1 N–H and O–H groups in total. The Morgan fingerprint density at radius 3 is 2.41 bits per heavy atom. The van der Waals surface area contributed by atoms with Gasteiger partial charge in [0.25, 0.3) is 0 Å². The number of hydrogen-bond donors (Lipinski definition) is 1. The second-order valence-electron chi connectivity index (χ2n) is 7.69. The summed E-state index contributed by atoms with van der Waals surface area (Å²) in [6, 6.07) is 3.97. The van der Waals surface area contributed by atoms with Crippen LogP contribution in [0.1, 0.15) is 44.6 Å². The molecule has 0 saturated carbocycles. The summed E-state index contributed by atoms with van der Waals surface area (Å²) in [6.07, 6.45) is 4.35. The Labute approximate surface area is 162 Å². The van der Waals surface area contributed by atoms with Crippen LogP contribution in [0.5, 0.6) is 17.2 Å². The maximum Gasteiger partial charge on any atom is 0.203 e. The number of methoxy groups -OCH3 is 3. The van der Waals surface area contributed by atoms with Crippen LogP contribution in [0, 0.1) is 0 Å². The van der Waals surface area contributed by atoms with Gasteiger partial charge in [0.2, 0.25) is 5.75 Å². The Morgan fingerprint density at radius 2 is 1.81 bits per heavy atom. The predicted molar refractivity (Wildman–Crippen MR) is 104 cm³/mol. The molecule has 2 aliphatic heterocycles. The summed E-state index contributed by atoms with van der Waals surface area (Å²) in [6.45, 7) is 4.82. The van der Waals surface area contributed by atoms with Gasteiger partial charge in [-0.05, 0) is 31.7 Å². The third kappa shape index (κ3) is 4.33. The number of benzene rings is 1. The maximum atomic E-state index is 10.3. The van der Waals surface area contributed by atoms with E-state index in [2.05, 4.69) is 11.8 Å². The molecule has 6 heteroatoms. The molecule has 2 saturated heterocycles. The van der Waals surface area contributed by atoms with Crippen molar-refractivity contribution in [2.24, 2.45) is 0 Å². The Hall–Kier alpha value is -1.50. The van der Waals surface area contributed by atoms with Crippen LogP contribution in [0.15, 0.2) is 12.1 Å². The van der Waals surface area contributed by atoms with Crippen molar-refractivity contribution < 1.29 is 24.1 Å². The summed E-state index contributed by atoms with van der Waals surface area (Å²) in [7, 11) is 4.92. The van der Waals surface area contributed by atoms with E-state index in [9.17, 15) is 5.11 Å². The Kier molecular flexibility index (Phi) is 6.50. The molecular formula is C21H33NO5. The van der Waals surface area contributed by atoms with Gasteiger partial charge in [0.05, 0.1) is 39.1 Å². The molecule has 0 unspecified atom stereocenters. The molecule has 0 bridgehead atoms. The Bertz CT molecular complexity index is 627. The molecule has 152 valence electrons. The molecule has 0 radical (unpaired) electrons. The molecule has 6 nitrogen and oxygen atoms in total. The molecule has 1 aromatic rings. The number of piperidine rings is 1. The second kappa shape index (κ2) is 8.67. The van der Waals surface area contributed by atoms with Gasteiger partial charge in [-0.15, -0.1) is 0 Å². The molecule has 1 spiro atoms. The van der Waals surface area contributed by atoms with Crippen LogP contribution in [0.25, 0.3) is 0 Å². The number of nitrogens with zero attached hydrogens (tertiary/aromatic N) is 1. The lowest BCUT2D eigenvalue weighted by molar-refractivity contribution is -0.182. The highest BCUT2D eigenvalue weighted by molar-refractivity contribution is 5.55. The van der Waals surface area contributed by atoms with Gasteiger partial charge in [-0.25, -0.2) is 0 Å². The van der Waals surface area contributed by atoms with E-state index in [-0.39, 0.29) is 17.8 Å². The number of ether oxygens (including phenoxy) is 4. The second-order valence-corrected chi connectivity index (χ2v) is 7.69. The van der Waals surface area contributed by atoms with Crippen LogP contribution >= 0.6 is 0 Å². The molecule has 0 aromatic heterocycles. The average Bonchev–Trinajstić information content (AvgIpc) is 2.68. The lowest BCUT2D eigenvalue weighted by atomic mass is 9.81. The van der Waals surface area contributed by atoms with E-state index in [1.165, 1.54) is 0 Å². The lowest BCUT2D eigenvalue weighted by Gasteiger charge is -2.48. The first kappa shape index (κ1) is 20.2. The number of aliphatic hydroxyl groups is 1. The molecule has 0 amide bonds. The monoisotopic (exact) mass is 379 g/mol. The summed E-state index contributed by atoms with van der Waals surface area (Å²) in [5.74, 6) is 2.04. The van der Waals surface area contributed by atoms with Crippen molar-refractivity contribution in [3.05, 3.63) is 17.7 Å². The third-order valence-electron chi connectivity index (χ3n) is 5.96. The van der Waals surface area contributed by atoms with Crippen molar-refractivity contribution in [1.29, 1.82) is 0 Å². The highest BCUT2D eigenvalue weighted by Gasteiger charge is 2.42. The standard InChI is InChI=1S/C21H33NO5/c1-5-17-12-16(23)13-21(27-17)8-10-22(11-9-21)14-15-6-7-18(24-2)20(26-4)19(15)25-3/h6-7,16-17,23H,5,8-14H2,1-4H3/t16-,17+/m1/s1. The molecule has 2 atom stereocenters. The Morgan fingerprint density at radius 1 is 1.11 bits per heavy atom. The first-order valence-electron chi connectivity index (χ1n) is 9.90. The van der Waals surface area contributed by atoms with E-state index in [4.69, 9.17) is 18.9 Å². The summed E-state index contributed by atoms with van der Waals surface area (Å²) in [4.78, 5) is 2.42. The molecule has 3 rings (SSSR count). The number of hydrogen-bond acceptors (Lipinski definition) is 6. The molecule has 2 aliphatic rings. The van der Waals surface area contributed by atoms with E-state index in [0.717, 1.165) is 63.1 Å². The van der Waals surface area contributed by atoms with Gasteiger partial charge in [-0.1, -0.05) is 13.0 Å². The minimum atomic E-state index is -0.235. The molecule has 2 fully saturated rings. The van der Waals surface area contributed by atoms with Crippen molar-refractivity contribution in [2.45, 2.75) is 63.4 Å². The van der Waals surface area contributed by atoms with Crippen molar-refractivity contribution >= 4 is 0 Å². The topological polar surface area (TPSA) is 60.4 Å². The summed E-state index contributed by atoms with van der Waals surface area (Å²) in [5, 5.41) is 10.3. The highest BCUT2D eigenvalue weighted by atomic mass is 16.5. The molecule has 1 aromatic carbocycles. The zero-order valence-corrected chi connectivity index (χ0v) is 17.0. The quantitative estimate of drug-likeness (QED) is 0.820. The predicted octanol–water partition coefficient (Wildman–Crippen LogP) is 3.00. The van der Waals surface area contributed by atoms with E-state index in [1.54, 1.807) is 21.3 Å². The number of likely N-dealkylation sites (tertiary alicyclic amines) is 1. The maximum absolute atomic E-state index is 10.3. The van der Waals surface area contributed by atoms with E-state index < -0.39 is 0 Å². The van der Waals surface area contributed by atoms with E-state index >= 15 is 0 Å². The van der Waals surface area contributed by atoms with Crippen molar-refractivity contribution in [2.75, 3.05) is 34.4 Å². The van der Waals surface area contributed by atoms with Gasteiger partial charge < -0.3 is 24.1 Å². The summed E-state index contributed by atoms with van der Waals surface area (Å²) < 4.78 is 22.9. The summed E-state index contributed by atoms with van der Waals surface area (Å²) >= 11 is 0. The van der Waals surface area contributed by atoms with Crippen LogP contribution in [-0.2, 0) is 11.3 Å². The van der Waals surface area contributed by atoms with Crippen LogP contribution < -0.4 is 14.2 Å². The van der Waals surface area contributed by atoms with Crippen LogP contribution in [0.3, 0.4) is 0 Å². The van der Waals surface area contributed by atoms with Gasteiger partial charge in [-0.3, -0.25) is 4.90 Å². The normalized spacial score (nSPS) is 25.4. The number of aliphatic hydroxyl groups excluding tert-OH is 1. The zero-order chi connectivity index (χ0) is 19.4. The number of rotatable bonds is 6. The summed E-state index contributed by atoms with van der Waals surface area (Å²) in [5.41, 5.74) is 0.929. The van der Waals surface area contributed by atoms with E-state index in [0.29, 0.717) is 11.5 Å². The van der Waals surface area contributed by atoms with Crippen LogP contribution in [0.4, 0.5) is 0 Å². The molecule has 0 aliphatic carbocycles. The molecule has 27 heavy (non-hydrogen) atoms.